The molecular formula is C13H17BrN2. The highest BCUT2D eigenvalue weighted by molar-refractivity contribution is 9.10. The van der Waals surface area contributed by atoms with Crippen molar-refractivity contribution in [3.63, 3.8) is 0 Å². The molecule has 0 aliphatic heterocycles. The van der Waals surface area contributed by atoms with Crippen molar-refractivity contribution in [3.05, 3.63) is 33.9 Å². The van der Waals surface area contributed by atoms with Crippen LogP contribution in [0.5, 0.6) is 0 Å². The number of benzene rings is 1. The lowest BCUT2D eigenvalue weighted by Crippen LogP contribution is -2.15. The van der Waals surface area contributed by atoms with Gasteiger partial charge in [0.2, 0.25) is 0 Å². The highest BCUT2D eigenvalue weighted by atomic mass is 79.9. The van der Waals surface area contributed by atoms with E-state index in [9.17, 15) is 0 Å². The quantitative estimate of drug-likeness (QED) is 0.891. The van der Waals surface area contributed by atoms with Gasteiger partial charge in [0.25, 0.3) is 0 Å². The summed E-state index contributed by atoms with van der Waals surface area (Å²) < 4.78 is 3.46. The molecule has 0 bridgehead atoms. The molecule has 0 saturated carbocycles. The topological polar surface area (TPSA) is 17.0 Å². The van der Waals surface area contributed by atoms with Gasteiger partial charge in [-0.1, -0.05) is 12.1 Å². The second-order valence-electron chi connectivity index (χ2n) is 4.29. The predicted octanol–water partition coefficient (Wildman–Crippen LogP) is 3.53. The van der Waals surface area contributed by atoms with Crippen molar-refractivity contribution in [2.75, 3.05) is 7.05 Å². The van der Waals surface area contributed by atoms with Gasteiger partial charge in [0.05, 0.1) is 0 Å². The minimum absolute atomic E-state index is 0.340. The number of halogens is 1. The van der Waals surface area contributed by atoms with Crippen molar-refractivity contribution in [1.82, 2.24) is 9.88 Å². The predicted molar refractivity (Wildman–Crippen MR) is 72.8 cm³/mol. The molecule has 1 aromatic heterocycles. The second kappa shape index (κ2) is 4.22. The standard InChI is InChI=1S/C13H17BrN2/c1-8-5-6-10-11(7-8)16(4)13(12(10)14)9(2)15-3/h5-7,9,15H,1-4H3. The zero-order chi connectivity index (χ0) is 11.9. The molecule has 1 heterocycles. The molecule has 0 amide bonds. The van der Waals surface area contributed by atoms with E-state index >= 15 is 0 Å². The van der Waals surface area contributed by atoms with Gasteiger partial charge in [0.15, 0.2) is 0 Å². The van der Waals surface area contributed by atoms with Crippen molar-refractivity contribution >= 4 is 26.8 Å². The third kappa shape index (κ3) is 1.68. The van der Waals surface area contributed by atoms with Crippen LogP contribution in [0.25, 0.3) is 10.9 Å². The highest BCUT2D eigenvalue weighted by Crippen LogP contribution is 2.34. The number of nitrogens with zero attached hydrogens (tertiary/aromatic N) is 1. The fourth-order valence-electron chi connectivity index (χ4n) is 2.14. The first-order valence-electron chi connectivity index (χ1n) is 5.48. The van der Waals surface area contributed by atoms with Gasteiger partial charge < -0.3 is 9.88 Å². The van der Waals surface area contributed by atoms with E-state index in [0.717, 1.165) is 0 Å². The SMILES string of the molecule is CNC(C)c1c(Br)c2ccc(C)cc2n1C. The van der Waals surface area contributed by atoms with E-state index < -0.39 is 0 Å². The van der Waals surface area contributed by atoms with Crippen molar-refractivity contribution in [3.8, 4) is 0 Å². The Balaban J connectivity index is 2.76. The van der Waals surface area contributed by atoms with Gasteiger partial charge >= 0.3 is 0 Å². The molecule has 0 fully saturated rings. The summed E-state index contributed by atoms with van der Waals surface area (Å²) in [7, 11) is 4.11. The zero-order valence-electron chi connectivity index (χ0n) is 10.1. The first-order valence-corrected chi connectivity index (χ1v) is 6.27. The summed E-state index contributed by atoms with van der Waals surface area (Å²) in [6.45, 7) is 4.30. The molecule has 1 unspecified atom stereocenters. The molecule has 0 radical (unpaired) electrons. The molecule has 0 spiro atoms. The molecule has 1 N–H and O–H groups in total. The molecular weight excluding hydrogens is 264 g/mol. The summed E-state index contributed by atoms with van der Waals surface area (Å²) in [6.07, 6.45) is 0. The number of aromatic nitrogens is 1. The molecule has 2 nitrogen and oxygen atoms in total. The summed E-state index contributed by atoms with van der Waals surface area (Å²) in [6, 6.07) is 6.90. The van der Waals surface area contributed by atoms with Crippen LogP contribution in [0.4, 0.5) is 0 Å². The Kier molecular flexibility index (Phi) is 3.08. The molecule has 2 aromatic rings. The summed E-state index contributed by atoms with van der Waals surface area (Å²) in [4.78, 5) is 0. The van der Waals surface area contributed by atoms with E-state index in [0.29, 0.717) is 6.04 Å². The normalized spacial score (nSPS) is 13.3. The van der Waals surface area contributed by atoms with Gasteiger partial charge in [-0.15, -0.1) is 0 Å². The zero-order valence-corrected chi connectivity index (χ0v) is 11.7. The number of fused-ring (bicyclic) bond motifs is 1. The van der Waals surface area contributed by atoms with Gasteiger partial charge in [-0.2, -0.15) is 0 Å². The largest absolute Gasteiger partial charge is 0.345 e. The average Bonchev–Trinajstić information content (AvgIpc) is 2.51. The number of hydrogen-bond donors (Lipinski definition) is 1. The Morgan fingerprint density at radius 3 is 2.69 bits per heavy atom. The molecule has 86 valence electrons. The maximum Gasteiger partial charge on any atom is 0.0496 e. The van der Waals surface area contributed by atoms with Gasteiger partial charge in [-0.25, -0.2) is 0 Å². The van der Waals surface area contributed by atoms with E-state index in [1.54, 1.807) is 0 Å². The molecule has 3 heteroatoms. The second-order valence-corrected chi connectivity index (χ2v) is 5.08. The minimum Gasteiger partial charge on any atom is -0.345 e. The molecule has 0 aliphatic carbocycles. The van der Waals surface area contributed by atoms with Gasteiger partial charge in [-0.05, 0) is 48.5 Å². The molecule has 0 saturated heterocycles. The number of nitrogens with one attached hydrogen (secondary N) is 1. The van der Waals surface area contributed by atoms with Crippen LogP contribution < -0.4 is 5.32 Å². The Morgan fingerprint density at radius 2 is 2.06 bits per heavy atom. The highest BCUT2D eigenvalue weighted by Gasteiger charge is 2.16. The molecule has 1 atom stereocenters. The van der Waals surface area contributed by atoms with Crippen LogP contribution in [-0.2, 0) is 7.05 Å². The van der Waals surface area contributed by atoms with Crippen LogP contribution in [0.1, 0.15) is 24.2 Å². The maximum atomic E-state index is 3.71. The number of aryl methyl sites for hydroxylation is 2. The van der Waals surface area contributed by atoms with Crippen LogP contribution >= 0.6 is 15.9 Å². The number of rotatable bonds is 2. The van der Waals surface area contributed by atoms with Crippen molar-refractivity contribution in [1.29, 1.82) is 0 Å². The minimum atomic E-state index is 0.340. The summed E-state index contributed by atoms with van der Waals surface area (Å²) in [5.41, 5.74) is 3.87. The van der Waals surface area contributed by atoms with Gasteiger partial charge in [0, 0.05) is 34.2 Å². The van der Waals surface area contributed by atoms with Crippen LogP contribution in [0, 0.1) is 6.92 Å². The van der Waals surface area contributed by atoms with Crippen LogP contribution in [0.3, 0.4) is 0 Å². The first-order chi connectivity index (χ1) is 7.56. The maximum absolute atomic E-state index is 3.71. The van der Waals surface area contributed by atoms with Gasteiger partial charge in [-0.3, -0.25) is 0 Å². The Hall–Kier alpha value is -0.800. The molecule has 2 rings (SSSR count). The lowest BCUT2D eigenvalue weighted by molar-refractivity contribution is 0.607. The summed E-state index contributed by atoms with van der Waals surface area (Å²) in [5.74, 6) is 0. The monoisotopic (exact) mass is 280 g/mol. The Morgan fingerprint density at radius 1 is 1.38 bits per heavy atom. The fourth-order valence-corrected chi connectivity index (χ4v) is 3.08. The lowest BCUT2D eigenvalue weighted by Gasteiger charge is -2.12. The first kappa shape index (κ1) is 11.7. The van der Waals surface area contributed by atoms with Gasteiger partial charge in [0.1, 0.15) is 0 Å². The molecule has 16 heavy (non-hydrogen) atoms. The summed E-state index contributed by atoms with van der Waals surface area (Å²) in [5, 5.41) is 4.57. The van der Waals surface area contributed by atoms with E-state index in [2.05, 4.69) is 64.9 Å². The van der Waals surface area contributed by atoms with E-state index in [1.165, 1.54) is 26.6 Å². The smallest absolute Gasteiger partial charge is 0.0496 e. The molecule has 0 aliphatic rings. The van der Waals surface area contributed by atoms with Crippen LogP contribution in [0.2, 0.25) is 0 Å². The Bertz CT molecular complexity index is 528. The fraction of sp³-hybridized carbons (Fsp3) is 0.385. The van der Waals surface area contributed by atoms with Crippen molar-refractivity contribution < 1.29 is 0 Å². The third-order valence-electron chi connectivity index (χ3n) is 3.18. The Labute approximate surface area is 105 Å². The van der Waals surface area contributed by atoms with Crippen LogP contribution in [-0.4, -0.2) is 11.6 Å². The average molecular weight is 281 g/mol. The summed E-state index contributed by atoms with van der Waals surface area (Å²) >= 11 is 3.71. The number of hydrogen-bond acceptors (Lipinski definition) is 1. The third-order valence-corrected chi connectivity index (χ3v) is 4.01. The lowest BCUT2D eigenvalue weighted by atomic mass is 10.2. The van der Waals surface area contributed by atoms with E-state index in [1.807, 2.05) is 7.05 Å². The molecule has 1 aromatic carbocycles. The van der Waals surface area contributed by atoms with E-state index in [4.69, 9.17) is 0 Å². The van der Waals surface area contributed by atoms with Crippen molar-refractivity contribution in [2.45, 2.75) is 19.9 Å². The van der Waals surface area contributed by atoms with Crippen molar-refractivity contribution in [2.24, 2.45) is 7.05 Å². The van der Waals surface area contributed by atoms with Crippen LogP contribution in [0.15, 0.2) is 22.7 Å². The van der Waals surface area contributed by atoms with E-state index in [-0.39, 0.29) is 0 Å².